The Bertz CT molecular complexity index is 1250. The third-order valence-electron chi connectivity index (χ3n) is 7.41. The second-order valence-electron chi connectivity index (χ2n) is 10.4. The summed E-state index contributed by atoms with van der Waals surface area (Å²) in [6.07, 6.45) is -15.5. The van der Waals surface area contributed by atoms with Crippen LogP contribution >= 0.6 is 0 Å². The molecule has 0 amide bonds. The normalized spacial score (nSPS) is 32.7. The standard InChI is InChI=1S/C28H36O15/c1-11-21(34)23(36)25(38)27(40-11)43-26-24(37)22(35)19(10-29)42-28(26)41-13-8-16(32)20(17(33)9-13)14(30)5-3-12-4-6-18(39-2)15(31)7-12/h4,6-9,11,19,21-29,31-38H,3,5,10H2,1-2H3/t11-,19+,21+,22-,23+,24-,25+,26-,27+,28+/m1/s1. The van der Waals surface area contributed by atoms with Gasteiger partial charge in [-0.3, -0.25) is 4.79 Å². The lowest BCUT2D eigenvalue weighted by Gasteiger charge is -2.45. The second kappa shape index (κ2) is 13.6. The molecule has 43 heavy (non-hydrogen) atoms. The molecule has 9 N–H and O–H groups in total. The van der Waals surface area contributed by atoms with Crippen molar-refractivity contribution >= 4 is 5.78 Å². The largest absolute Gasteiger partial charge is 0.507 e. The predicted molar refractivity (Wildman–Crippen MR) is 143 cm³/mol. The van der Waals surface area contributed by atoms with Crippen LogP contribution in [0.2, 0.25) is 0 Å². The summed E-state index contributed by atoms with van der Waals surface area (Å²) in [4.78, 5) is 12.9. The first-order valence-electron chi connectivity index (χ1n) is 13.5. The maximum Gasteiger partial charge on any atom is 0.229 e. The molecule has 0 aliphatic carbocycles. The van der Waals surface area contributed by atoms with E-state index in [0.717, 1.165) is 12.1 Å². The predicted octanol–water partition coefficient (Wildman–Crippen LogP) is -1.34. The number of phenolic OH excluding ortho intramolecular Hbond substituents is 3. The summed E-state index contributed by atoms with van der Waals surface area (Å²) in [6.45, 7) is 0.662. The number of carbonyl (C=O) groups excluding carboxylic acids is 1. The fraction of sp³-hybridized carbons (Fsp3) is 0.536. The molecular weight excluding hydrogens is 576 g/mol. The molecule has 2 fully saturated rings. The van der Waals surface area contributed by atoms with E-state index in [1.165, 1.54) is 26.2 Å². The molecule has 15 heteroatoms. The van der Waals surface area contributed by atoms with Gasteiger partial charge in [-0.15, -0.1) is 0 Å². The van der Waals surface area contributed by atoms with E-state index in [-0.39, 0.29) is 30.1 Å². The van der Waals surface area contributed by atoms with Gasteiger partial charge in [0.2, 0.25) is 6.29 Å². The molecule has 4 rings (SSSR count). The van der Waals surface area contributed by atoms with Gasteiger partial charge in [0.25, 0.3) is 0 Å². The molecule has 238 valence electrons. The van der Waals surface area contributed by atoms with Crippen molar-refractivity contribution in [3.05, 3.63) is 41.5 Å². The number of aliphatic hydroxyl groups is 6. The summed E-state index contributed by atoms with van der Waals surface area (Å²) in [5.74, 6) is -2.04. The number of benzene rings is 2. The van der Waals surface area contributed by atoms with E-state index in [0.29, 0.717) is 5.56 Å². The number of ether oxygens (including phenoxy) is 5. The van der Waals surface area contributed by atoms with Crippen LogP contribution in [0, 0.1) is 0 Å². The van der Waals surface area contributed by atoms with Crippen molar-refractivity contribution in [2.24, 2.45) is 0 Å². The quantitative estimate of drug-likeness (QED) is 0.141. The summed E-state index contributed by atoms with van der Waals surface area (Å²) in [7, 11) is 1.40. The Labute approximate surface area is 245 Å². The number of hydrogen-bond acceptors (Lipinski definition) is 15. The number of carbonyl (C=O) groups is 1. The first kappa shape index (κ1) is 32.7. The summed E-state index contributed by atoms with van der Waals surface area (Å²) in [5.41, 5.74) is 0.208. The van der Waals surface area contributed by atoms with Gasteiger partial charge < -0.3 is 69.6 Å². The van der Waals surface area contributed by atoms with E-state index >= 15 is 0 Å². The Morgan fingerprint density at radius 3 is 2.12 bits per heavy atom. The van der Waals surface area contributed by atoms with E-state index in [1.807, 2.05) is 0 Å². The highest BCUT2D eigenvalue weighted by Crippen LogP contribution is 2.37. The number of Topliss-reactive ketones (excluding diaryl/α,β-unsaturated/α-hetero) is 1. The first-order valence-corrected chi connectivity index (χ1v) is 13.5. The number of aromatic hydroxyl groups is 3. The van der Waals surface area contributed by atoms with Crippen LogP contribution < -0.4 is 9.47 Å². The molecule has 0 bridgehead atoms. The average Bonchev–Trinajstić information content (AvgIpc) is 2.96. The minimum atomic E-state index is -1.79. The van der Waals surface area contributed by atoms with Crippen LogP contribution in [0.25, 0.3) is 0 Å². The van der Waals surface area contributed by atoms with E-state index in [2.05, 4.69) is 0 Å². The van der Waals surface area contributed by atoms with E-state index in [9.17, 15) is 50.8 Å². The molecule has 10 atom stereocenters. The molecule has 2 saturated heterocycles. The molecule has 2 aromatic rings. The molecule has 0 aromatic heterocycles. The molecule has 0 unspecified atom stereocenters. The van der Waals surface area contributed by atoms with Gasteiger partial charge in [0.15, 0.2) is 29.7 Å². The highest BCUT2D eigenvalue weighted by molar-refractivity contribution is 6.01. The lowest BCUT2D eigenvalue weighted by Crippen LogP contribution is -2.64. The van der Waals surface area contributed by atoms with Gasteiger partial charge in [0.1, 0.15) is 59.4 Å². The molecule has 2 aliphatic heterocycles. The van der Waals surface area contributed by atoms with Gasteiger partial charge >= 0.3 is 0 Å². The fourth-order valence-electron chi connectivity index (χ4n) is 4.93. The summed E-state index contributed by atoms with van der Waals surface area (Å²) < 4.78 is 27.2. The average molecular weight is 613 g/mol. The van der Waals surface area contributed by atoms with Crippen LogP contribution in [0.3, 0.4) is 0 Å². The number of rotatable bonds is 10. The molecule has 15 nitrogen and oxygen atoms in total. The van der Waals surface area contributed by atoms with Crippen LogP contribution in [-0.4, -0.2) is 127 Å². The number of hydrogen-bond donors (Lipinski definition) is 9. The van der Waals surface area contributed by atoms with Crippen molar-refractivity contribution < 1.29 is 74.4 Å². The van der Waals surface area contributed by atoms with Crippen molar-refractivity contribution in [1.29, 1.82) is 0 Å². The zero-order chi connectivity index (χ0) is 31.6. The molecule has 0 radical (unpaired) electrons. The van der Waals surface area contributed by atoms with Gasteiger partial charge in [-0.25, -0.2) is 0 Å². The Hall–Kier alpha value is -3.25. The topological polar surface area (TPSA) is 245 Å². The Morgan fingerprint density at radius 1 is 0.837 bits per heavy atom. The van der Waals surface area contributed by atoms with Crippen molar-refractivity contribution in [2.45, 2.75) is 81.2 Å². The number of methoxy groups -OCH3 is 1. The van der Waals surface area contributed by atoms with Gasteiger partial charge in [0.05, 0.1) is 19.8 Å². The van der Waals surface area contributed by atoms with Crippen molar-refractivity contribution in [3.8, 4) is 28.7 Å². The maximum atomic E-state index is 12.9. The smallest absolute Gasteiger partial charge is 0.229 e. The lowest BCUT2D eigenvalue weighted by atomic mass is 9.97. The molecule has 2 aliphatic rings. The van der Waals surface area contributed by atoms with Crippen LogP contribution in [-0.2, 0) is 20.6 Å². The number of aryl methyl sites for hydroxylation is 1. The zero-order valence-electron chi connectivity index (χ0n) is 23.3. The monoisotopic (exact) mass is 612 g/mol. The van der Waals surface area contributed by atoms with Crippen LogP contribution in [0.15, 0.2) is 30.3 Å². The molecule has 0 saturated carbocycles. The third kappa shape index (κ3) is 6.95. The second-order valence-corrected chi connectivity index (χ2v) is 10.4. The Balaban J connectivity index is 1.51. The van der Waals surface area contributed by atoms with Gasteiger partial charge in [-0.2, -0.15) is 0 Å². The van der Waals surface area contributed by atoms with Crippen molar-refractivity contribution in [3.63, 3.8) is 0 Å². The summed E-state index contributed by atoms with van der Waals surface area (Å²) in [6, 6.07) is 6.59. The minimum absolute atomic E-state index is 0.110. The third-order valence-corrected chi connectivity index (χ3v) is 7.41. The van der Waals surface area contributed by atoms with E-state index in [4.69, 9.17) is 23.7 Å². The van der Waals surface area contributed by atoms with Gasteiger partial charge in [-0.05, 0) is 31.0 Å². The number of phenols is 3. The molecular formula is C28H36O15. The van der Waals surface area contributed by atoms with Crippen molar-refractivity contribution in [1.82, 2.24) is 0 Å². The van der Waals surface area contributed by atoms with E-state index in [1.54, 1.807) is 6.07 Å². The molecule has 2 aromatic carbocycles. The Morgan fingerprint density at radius 2 is 1.51 bits per heavy atom. The van der Waals surface area contributed by atoms with Gasteiger partial charge in [-0.1, -0.05) is 6.07 Å². The molecule has 0 spiro atoms. The fourth-order valence-corrected chi connectivity index (χ4v) is 4.93. The van der Waals surface area contributed by atoms with Crippen molar-refractivity contribution in [2.75, 3.05) is 13.7 Å². The summed E-state index contributed by atoms with van der Waals surface area (Å²) in [5, 5.41) is 92.3. The number of aliphatic hydroxyl groups excluding tert-OH is 6. The summed E-state index contributed by atoms with van der Waals surface area (Å²) >= 11 is 0. The Kier molecular flexibility index (Phi) is 10.3. The SMILES string of the molecule is COc1ccc(CCC(=O)c2c(O)cc(O[C@H]3O[C@@H](CO)[C@@H](O)[C@@H](O)[C@H]3O[C@@H]3O[C@H](C)[C@H](O)[C@H](O)[C@@H]3O)cc2O)cc1O. The maximum absolute atomic E-state index is 12.9. The zero-order valence-corrected chi connectivity index (χ0v) is 23.3. The first-order chi connectivity index (χ1) is 20.4. The molecule has 2 heterocycles. The highest BCUT2D eigenvalue weighted by atomic mass is 16.8. The van der Waals surface area contributed by atoms with Gasteiger partial charge in [0, 0.05) is 18.6 Å². The van der Waals surface area contributed by atoms with E-state index < -0.39 is 90.9 Å². The van der Waals surface area contributed by atoms with Crippen LogP contribution in [0.4, 0.5) is 0 Å². The minimum Gasteiger partial charge on any atom is -0.507 e. The van der Waals surface area contributed by atoms with Crippen LogP contribution in [0.1, 0.15) is 29.3 Å². The lowest BCUT2D eigenvalue weighted by molar-refractivity contribution is -0.354. The highest BCUT2D eigenvalue weighted by Gasteiger charge is 2.51. The number of ketones is 1. The van der Waals surface area contributed by atoms with Crippen LogP contribution in [0.5, 0.6) is 28.7 Å².